The minimum absolute atomic E-state index is 0.134. The lowest BCUT2D eigenvalue weighted by Gasteiger charge is -2.08. The molecule has 0 aromatic carbocycles. The SMILES string of the molecule is CCCCCCCCCCCCCCCC(=O)OCCOCCOCCOCCOCCC(=O)OCC. The average Bonchev–Trinajstić information content (AvgIpc) is 2.89. The monoisotopic (exact) mass is 532 g/mol. The summed E-state index contributed by atoms with van der Waals surface area (Å²) < 4.78 is 31.5. The maximum atomic E-state index is 11.8. The Morgan fingerprint density at radius 3 is 1.24 bits per heavy atom. The van der Waals surface area contributed by atoms with E-state index in [1.807, 2.05) is 0 Å². The van der Waals surface area contributed by atoms with Crippen molar-refractivity contribution in [3.63, 3.8) is 0 Å². The molecule has 0 saturated carbocycles. The van der Waals surface area contributed by atoms with Crippen LogP contribution in [-0.2, 0) is 38.0 Å². The molecule has 0 aliphatic heterocycles. The van der Waals surface area contributed by atoms with Gasteiger partial charge in [0.15, 0.2) is 0 Å². The van der Waals surface area contributed by atoms with Gasteiger partial charge in [-0.15, -0.1) is 0 Å². The number of unbranched alkanes of at least 4 members (excludes halogenated alkanes) is 12. The van der Waals surface area contributed by atoms with Crippen LogP contribution in [0.5, 0.6) is 0 Å². The van der Waals surface area contributed by atoms with Crippen LogP contribution in [0.15, 0.2) is 0 Å². The number of ether oxygens (including phenoxy) is 6. The van der Waals surface area contributed by atoms with Crippen molar-refractivity contribution >= 4 is 11.9 Å². The Labute approximate surface area is 226 Å². The molecule has 0 heterocycles. The zero-order valence-corrected chi connectivity index (χ0v) is 23.9. The van der Waals surface area contributed by atoms with Gasteiger partial charge in [-0.25, -0.2) is 0 Å². The van der Waals surface area contributed by atoms with Gasteiger partial charge >= 0.3 is 11.9 Å². The second-order valence-corrected chi connectivity index (χ2v) is 9.22. The van der Waals surface area contributed by atoms with Gasteiger partial charge in [0, 0.05) is 6.42 Å². The first kappa shape index (κ1) is 35.8. The number of hydrogen-bond donors (Lipinski definition) is 0. The highest BCUT2D eigenvalue weighted by atomic mass is 16.6. The molecule has 0 aliphatic rings. The second-order valence-electron chi connectivity index (χ2n) is 9.22. The fourth-order valence-corrected chi connectivity index (χ4v) is 3.72. The first-order valence-electron chi connectivity index (χ1n) is 14.8. The number of hydrogen-bond acceptors (Lipinski definition) is 8. The topological polar surface area (TPSA) is 89.5 Å². The van der Waals surface area contributed by atoms with E-state index in [4.69, 9.17) is 28.4 Å². The van der Waals surface area contributed by atoms with Crippen molar-refractivity contribution in [3.8, 4) is 0 Å². The summed E-state index contributed by atoms with van der Waals surface area (Å²) in [6, 6.07) is 0. The lowest BCUT2D eigenvalue weighted by molar-refractivity contribution is -0.146. The Morgan fingerprint density at radius 2 is 0.784 bits per heavy atom. The first-order chi connectivity index (χ1) is 18.2. The van der Waals surface area contributed by atoms with E-state index < -0.39 is 0 Å². The van der Waals surface area contributed by atoms with Crippen LogP contribution < -0.4 is 0 Å². The molecule has 0 aromatic rings. The van der Waals surface area contributed by atoms with Crippen LogP contribution in [-0.4, -0.2) is 78.0 Å². The average molecular weight is 533 g/mol. The molecule has 0 aliphatic carbocycles. The summed E-state index contributed by atoms with van der Waals surface area (Å²) in [6.07, 6.45) is 17.6. The molecule has 37 heavy (non-hydrogen) atoms. The van der Waals surface area contributed by atoms with Crippen LogP contribution >= 0.6 is 0 Å². The van der Waals surface area contributed by atoms with Gasteiger partial charge in [-0.2, -0.15) is 0 Å². The predicted molar refractivity (Wildman–Crippen MR) is 146 cm³/mol. The van der Waals surface area contributed by atoms with E-state index in [-0.39, 0.29) is 25.0 Å². The highest BCUT2D eigenvalue weighted by molar-refractivity contribution is 5.69. The van der Waals surface area contributed by atoms with E-state index >= 15 is 0 Å². The van der Waals surface area contributed by atoms with E-state index in [9.17, 15) is 9.59 Å². The lowest BCUT2D eigenvalue weighted by atomic mass is 10.0. The fourth-order valence-electron chi connectivity index (χ4n) is 3.72. The number of rotatable bonds is 30. The summed E-state index contributed by atoms with van der Waals surface area (Å²) in [4.78, 5) is 22.9. The van der Waals surface area contributed by atoms with Gasteiger partial charge in [0.05, 0.1) is 65.9 Å². The molecule has 0 bridgehead atoms. The van der Waals surface area contributed by atoms with E-state index in [2.05, 4.69) is 6.92 Å². The molecule has 0 amide bonds. The minimum Gasteiger partial charge on any atom is -0.466 e. The van der Waals surface area contributed by atoms with Gasteiger partial charge in [0.2, 0.25) is 0 Å². The van der Waals surface area contributed by atoms with E-state index in [0.29, 0.717) is 65.9 Å². The van der Waals surface area contributed by atoms with Crippen molar-refractivity contribution < 1.29 is 38.0 Å². The molecule has 0 radical (unpaired) electrons. The third kappa shape index (κ3) is 30.9. The standard InChI is InChI=1S/C29H56O8/c1-3-5-6-7-8-9-10-11-12-13-14-15-16-17-28(30)37-27-26-35-25-24-34-23-22-33-21-20-32-19-18-29(31)36-4-2/h3-27H2,1-2H3. The van der Waals surface area contributed by atoms with Crippen molar-refractivity contribution in [3.05, 3.63) is 0 Å². The Balaban J connectivity index is 3.17. The molecular weight excluding hydrogens is 476 g/mol. The molecule has 0 rings (SSSR count). The zero-order chi connectivity index (χ0) is 27.1. The van der Waals surface area contributed by atoms with Crippen molar-refractivity contribution in [1.29, 1.82) is 0 Å². The Morgan fingerprint density at radius 1 is 0.405 bits per heavy atom. The minimum atomic E-state index is -0.248. The van der Waals surface area contributed by atoms with Crippen molar-refractivity contribution in [1.82, 2.24) is 0 Å². The fraction of sp³-hybridized carbons (Fsp3) is 0.931. The maximum absolute atomic E-state index is 11.8. The molecule has 0 atom stereocenters. The highest BCUT2D eigenvalue weighted by Gasteiger charge is 2.03. The number of carbonyl (C=O) groups excluding carboxylic acids is 2. The first-order valence-corrected chi connectivity index (χ1v) is 14.8. The van der Waals surface area contributed by atoms with Gasteiger partial charge in [0.25, 0.3) is 0 Å². The molecule has 0 aromatic heterocycles. The summed E-state index contributed by atoms with van der Waals surface area (Å²) in [5.74, 6) is -0.382. The van der Waals surface area contributed by atoms with Gasteiger partial charge in [-0.1, -0.05) is 84.0 Å². The summed E-state index contributed by atoms with van der Waals surface area (Å²) in [7, 11) is 0. The predicted octanol–water partition coefficient (Wildman–Crippen LogP) is 6.03. The molecule has 0 fully saturated rings. The van der Waals surface area contributed by atoms with Gasteiger partial charge in [-0.3, -0.25) is 9.59 Å². The Kier molecular flexibility index (Phi) is 30.0. The molecule has 8 heteroatoms. The molecule has 0 unspecified atom stereocenters. The summed E-state index contributed by atoms with van der Waals surface area (Å²) in [6.45, 7) is 8.18. The van der Waals surface area contributed by atoms with E-state index in [1.54, 1.807) is 6.92 Å². The molecular formula is C29H56O8. The summed E-state index contributed by atoms with van der Waals surface area (Å²) in [5.41, 5.74) is 0. The molecule has 8 nitrogen and oxygen atoms in total. The quantitative estimate of drug-likeness (QED) is 0.0818. The maximum Gasteiger partial charge on any atom is 0.308 e. The van der Waals surface area contributed by atoms with Gasteiger partial charge in [-0.05, 0) is 13.3 Å². The smallest absolute Gasteiger partial charge is 0.308 e. The van der Waals surface area contributed by atoms with Crippen molar-refractivity contribution in [2.75, 3.05) is 66.1 Å². The van der Waals surface area contributed by atoms with Crippen LogP contribution in [0.1, 0.15) is 110 Å². The second kappa shape index (κ2) is 31.0. The third-order valence-electron chi connectivity index (χ3n) is 5.85. The summed E-state index contributed by atoms with van der Waals surface area (Å²) in [5, 5.41) is 0. The highest BCUT2D eigenvalue weighted by Crippen LogP contribution is 2.13. The van der Waals surface area contributed by atoms with Crippen LogP contribution in [0.2, 0.25) is 0 Å². The van der Waals surface area contributed by atoms with Crippen molar-refractivity contribution in [2.24, 2.45) is 0 Å². The third-order valence-corrected chi connectivity index (χ3v) is 5.85. The van der Waals surface area contributed by atoms with Gasteiger partial charge in [0.1, 0.15) is 6.61 Å². The van der Waals surface area contributed by atoms with Crippen LogP contribution in [0.4, 0.5) is 0 Å². The van der Waals surface area contributed by atoms with E-state index in [0.717, 1.165) is 12.8 Å². The van der Waals surface area contributed by atoms with E-state index in [1.165, 1.54) is 70.6 Å². The Bertz CT molecular complexity index is 487. The molecule has 0 saturated heterocycles. The molecule has 220 valence electrons. The van der Waals surface area contributed by atoms with Crippen LogP contribution in [0, 0.1) is 0 Å². The van der Waals surface area contributed by atoms with Crippen molar-refractivity contribution in [2.45, 2.75) is 110 Å². The largest absolute Gasteiger partial charge is 0.466 e. The van der Waals surface area contributed by atoms with Crippen LogP contribution in [0.3, 0.4) is 0 Å². The van der Waals surface area contributed by atoms with Gasteiger partial charge < -0.3 is 28.4 Å². The lowest BCUT2D eigenvalue weighted by Crippen LogP contribution is -2.15. The molecule has 0 spiro atoms. The number of esters is 2. The van der Waals surface area contributed by atoms with Crippen LogP contribution in [0.25, 0.3) is 0 Å². The summed E-state index contributed by atoms with van der Waals surface area (Å²) >= 11 is 0. The Hall–Kier alpha value is -1.22. The normalized spacial score (nSPS) is 11.1. The number of carbonyl (C=O) groups is 2. The molecule has 0 N–H and O–H groups in total. The zero-order valence-electron chi connectivity index (χ0n) is 23.9.